The first kappa shape index (κ1) is 36.3. The maximum absolute atomic E-state index is 4.22. The Hall–Kier alpha value is -8.34. The lowest BCUT2D eigenvalue weighted by Gasteiger charge is -2.20. The van der Waals surface area contributed by atoms with Gasteiger partial charge in [-0.05, 0) is 33.4 Å². The summed E-state index contributed by atoms with van der Waals surface area (Å²) < 4.78 is 0. The number of hydrogen-bond acceptors (Lipinski definition) is 2. The van der Waals surface area contributed by atoms with Gasteiger partial charge < -0.3 is 20.6 Å². The van der Waals surface area contributed by atoms with Crippen LogP contribution < -0.4 is 21.3 Å². The molecule has 0 saturated carbocycles. The molecule has 0 fully saturated rings. The summed E-state index contributed by atoms with van der Waals surface area (Å²) in [5, 5.41) is 15.2. The lowest BCUT2D eigenvalue weighted by atomic mass is 9.86. The van der Waals surface area contributed by atoms with Gasteiger partial charge in [0.05, 0.1) is 33.5 Å². The Labute approximate surface area is 371 Å². The number of rotatable bonds is 4. The highest BCUT2D eigenvalue weighted by atomic mass is 15.0. The second-order valence-electron chi connectivity index (χ2n) is 17.0. The second-order valence-corrected chi connectivity index (χ2v) is 17.0. The van der Waals surface area contributed by atoms with Gasteiger partial charge in [0, 0.05) is 67.1 Å². The molecule has 2 unspecified atom stereocenters. The molecule has 8 bridgehead atoms. The van der Waals surface area contributed by atoms with E-state index in [-0.39, 0.29) is 11.8 Å². The van der Waals surface area contributed by atoms with Crippen molar-refractivity contribution in [2.24, 2.45) is 11.8 Å². The van der Waals surface area contributed by atoms with Gasteiger partial charge >= 0.3 is 0 Å². The van der Waals surface area contributed by atoms with Crippen LogP contribution in [-0.4, -0.2) is 9.97 Å². The predicted molar refractivity (Wildman–Crippen MR) is 263 cm³/mol. The number of allylic oxidation sites excluding steroid dienone is 10. The van der Waals surface area contributed by atoms with E-state index in [0.29, 0.717) is 0 Å². The van der Waals surface area contributed by atoms with Crippen LogP contribution in [0.5, 0.6) is 0 Å². The zero-order valence-corrected chi connectivity index (χ0v) is 34.9. The quantitative estimate of drug-likeness (QED) is 0.143. The van der Waals surface area contributed by atoms with Gasteiger partial charge in [-0.3, -0.25) is 0 Å². The Morgan fingerprint density at radius 2 is 0.656 bits per heavy atom. The average Bonchev–Trinajstić information content (AvgIpc) is 4.14. The Bertz CT molecular complexity index is 3390. The molecule has 4 N–H and O–H groups in total. The van der Waals surface area contributed by atoms with Crippen LogP contribution >= 0.6 is 0 Å². The third kappa shape index (κ3) is 5.56. The second kappa shape index (κ2) is 14.6. The molecule has 13 rings (SSSR count). The van der Waals surface area contributed by atoms with Crippen LogP contribution in [0.1, 0.15) is 33.6 Å². The summed E-state index contributed by atoms with van der Waals surface area (Å²) in [6.45, 7) is 0. The van der Waals surface area contributed by atoms with E-state index in [1.54, 1.807) is 0 Å². The van der Waals surface area contributed by atoms with Gasteiger partial charge in [0.1, 0.15) is 0 Å². The number of benzene rings is 6. The summed E-state index contributed by atoms with van der Waals surface area (Å²) in [5.74, 6) is -0.0579. The Morgan fingerprint density at radius 1 is 0.312 bits per heavy atom. The SMILES string of the molecule is C1=CC2=C3NC(=C(c4ccccc4)c4[nH]c(c5ccccc45)C(c4ccccc4)=C4NC(=C5C=CC=CC54)C(c4ccccc4)=c4[nH]c(c5ccccc45)=C3c3ccccc3)C2C=C1. The first-order valence-electron chi connectivity index (χ1n) is 22.2. The summed E-state index contributed by atoms with van der Waals surface area (Å²) in [4.78, 5) is 8.40. The van der Waals surface area contributed by atoms with Crippen molar-refractivity contribution in [3.8, 4) is 0 Å². The molecule has 302 valence electrons. The monoisotopic (exact) mass is 818 g/mol. The summed E-state index contributed by atoms with van der Waals surface area (Å²) >= 11 is 0. The molecule has 5 aliphatic rings. The number of hydrogen-bond donors (Lipinski definition) is 4. The van der Waals surface area contributed by atoms with Crippen molar-refractivity contribution >= 4 is 43.8 Å². The van der Waals surface area contributed by atoms with Gasteiger partial charge in [0.25, 0.3) is 0 Å². The van der Waals surface area contributed by atoms with Gasteiger partial charge in [0.15, 0.2) is 0 Å². The highest BCUT2D eigenvalue weighted by Gasteiger charge is 2.37. The minimum absolute atomic E-state index is 0.0289. The molecule has 4 heterocycles. The van der Waals surface area contributed by atoms with Crippen LogP contribution in [-0.2, 0) is 0 Å². The maximum atomic E-state index is 4.22. The van der Waals surface area contributed by atoms with Crippen LogP contribution in [0.3, 0.4) is 0 Å². The zero-order chi connectivity index (χ0) is 42.1. The summed E-state index contributed by atoms with van der Waals surface area (Å²) in [6, 6.07) is 61.5. The molecule has 8 aromatic rings. The van der Waals surface area contributed by atoms with Gasteiger partial charge in [0.2, 0.25) is 0 Å². The van der Waals surface area contributed by atoms with E-state index >= 15 is 0 Å². The Kier molecular flexibility index (Phi) is 8.31. The molecule has 0 spiro atoms. The first-order chi connectivity index (χ1) is 31.8. The van der Waals surface area contributed by atoms with Crippen molar-refractivity contribution in [1.82, 2.24) is 20.6 Å². The van der Waals surface area contributed by atoms with Crippen molar-refractivity contribution in [2.45, 2.75) is 0 Å². The van der Waals surface area contributed by atoms with Crippen LogP contribution in [0.2, 0.25) is 0 Å². The number of aromatic amines is 2. The van der Waals surface area contributed by atoms with E-state index in [2.05, 4.69) is 239 Å². The predicted octanol–water partition coefficient (Wildman–Crippen LogP) is 11.5. The fraction of sp³-hybridized carbons (Fsp3) is 0.0333. The molecule has 2 aromatic heterocycles. The zero-order valence-electron chi connectivity index (χ0n) is 34.9. The Balaban J connectivity index is 1.28. The standard InChI is InChI=1S/C60H42N4/c1-5-21-37(22-6-1)49-53-41-29-13-15-31-43(41)55(61-53)50(38-23-7-2-8-24-38)57-45-33-17-19-35-47(45)59(63-57)52(40-27-11-4-12-28-40)60-48-36-20-18-34-46(48)58(64-60)51(39-25-9-3-10-26-39)56-44-32-16-14-30-42(44)54(49)62-56/h1-36,41,46,61-64H. The number of aromatic nitrogens is 2. The molecule has 64 heavy (non-hydrogen) atoms. The summed E-state index contributed by atoms with van der Waals surface area (Å²) in [7, 11) is 0. The lowest BCUT2D eigenvalue weighted by molar-refractivity contribution is 0.896. The van der Waals surface area contributed by atoms with E-state index in [4.69, 9.17) is 0 Å². The van der Waals surface area contributed by atoms with Gasteiger partial charge in [-0.25, -0.2) is 0 Å². The third-order valence-corrected chi connectivity index (χ3v) is 13.5. The molecule has 4 nitrogen and oxygen atoms in total. The molecule has 4 heteroatoms. The van der Waals surface area contributed by atoms with E-state index in [0.717, 1.165) is 100 Å². The van der Waals surface area contributed by atoms with Gasteiger partial charge in [-0.2, -0.15) is 0 Å². The Morgan fingerprint density at radius 3 is 1.05 bits per heavy atom. The van der Waals surface area contributed by atoms with E-state index in [1.165, 1.54) is 21.9 Å². The highest BCUT2D eigenvalue weighted by Crippen LogP contribution is 2.48. The fourth-order valence-corrected chi connectivity index (χ4v) is 10.7. The van der Waals surface area contributed by atoms with Crippen molar-refractivity contribution in [1.29, 1.82) is 0 Å². The van der Waals surface area contributed by atoms with Crippen molar-refractivity contribution in [3.63, 3.8) is 0 Å². The topological polar surface area (TPSA) is 55.6 Å². The largest absolute Gasteiger partial charge is 0.357 e. The van der Waals surface area contributed by atoms with Crippen molar-refractivity contribution in [2.75, 3.05) is 0 Å². The lowest BCUT2D eigenvalue weighted by Crippen LogP contribution is -2.23. The number of nitrogens with one attached hydrogen (secondary N) is 4. The fourth-order valence-electron chi connectivity index (χ4n) is 10.7. The normalized spacial score (nSPS) is 18.6. The molecular weight excluding hydrogens is 777 g/mol. The molecule has 0 saturated heterocycles. The van der Waals surface area contributed by atoms with Gasteiger partial charge in [-0.15, -0.1) is 0 Å². The minimum atomic E-state index is -0.0289. The molecule has 3 aliphatic carbocycles. The molecular formula is C60H42N4. The van der Waals surface area contributed by atoms with Gasteiger partial charge in [-0.1, -0.05) is 218 Å². The third-order valence-electron chi connectivity index (χ3n) is 13.5. The van der Waals surface area contributed by atoms with Crippen molar-refractivity contribution < 1.29 is 0 Å². The number of H-pyrrole nitrogens is 2. The van der Waals surface area contributed by atoms with Crippen LogP contribution in [0.15, 0.2) is 252 Å². The van der Waals surface area contributed by atoms with Crippen molar-refractivity contribution in [3.05, 3.63) is 297 Å². The summed E-state index contributed by atoms with van der Waals surface area (Å²) in [5.41, 5.74) is 18.2. The maximum Gasteiger partial charge on any atom is 0.0565 e. The van der Waals surface area contributed by atoms with Crippen LogP contribution in [0.4, 0.5) is 0 Å². The molecule has 2 atom stereocenters. The van der Waals surface area contributed by atoms with Crippen LogP contribution in [0.25, 0.3) is 43.8 Å². The summed E-state index contributed by atoms with van der Waals surface area (Å²) in [6.07, 6.45) is 18.1. The molecule has 0 radical (unpaired) electrons. The molecule has 2 aliphatic heterocycles. The molecule has 6 aromatic carbocycles. The van der Waals surface area contributed by atoms with E-state index in [9.17, 15) is 0 Å². The minimum Gasteiger partial charge on any atom is -0.357 e. The average molecular weight is 819 g/mol. The van der Waals surface area contributed by atoms with Crippen LogP contribution in [0, 0.1) is 11.8 Å². The highest BCUT2D eigenvalue weighted by molar-refractivity contribution is 6.06. The molecule has 0 amide bonds. The van der Waals surface area contributed by atoms with E-state index in [1.807, 2.05) is 0 Å². The smallest absolute Gasteiger partial charge is 0.0565 e. The van der Waals surface area contributed by atoms with E-state index < -0.39 is 0 Å². The first-order valence-corrected chi connectivity index (χ1v) is 22.2.